The van der Waals surface area contributed by atoms with E-state index in [1.54, 1.807) is 36.4 Å². The van der Waals surface area contributed by atoms with Gasteiger partial charge in [-0.2, -0.15) is 0 Å². The van der Waals surface area contributed by atoms with Gasteiger partial charge in [0, 0.05) is 11.6 Å². The zero-order valence-electron chi connectivity index (χ0n) is 29.3. The van der Waals surface area contributed by atoms with Crippen molar-refractivity contribution in [2.75, 3.05) is 13.2 Å². The standard InChI is InChI=1S/C43H56O5/c1-3-5-6-7-8-9-10-11-12-13-14-15-16-17-34-47-40-29-21-36(22-30-40)25-31-42(44)38-19-18-20-41(35-38)48-43(45)32-26-37-23-27-39(28-24-37)46-33-4-2/h18-32,35H,3-17,33-34H2,1-2H3/b31-25+,32-26+. The molecule has 0 saturated carbocycles. The molecule has 258 valence electrons. The molecular weight excluding hydrogens is 596 g/mol. The van der Waals surface area contributed by atoms with Crippen molar-refractivity contribution in [3.63, 3.8) is 0 Å². The van der Waals surface area contributed by atoms with Gasteiger partial charge < -0.3 is 14.2 Å². The Kier molecular flexibility index (Phi) is 19.2. The Morgan fingerprint density at radius 1 is 0.521 bits per heavy atom. The molecule has 0 aliphatic carbocycles. The van der Waals surface area contributed by atoms with Crippen LogP contribution in [0.2, 0.25) is 0 Å². The lowest BCUT2D eigenvalue weighted by atomic mass is 10.0. The minimum absolute atomic E-state index is 0.174. The molecule has 0 aliphatic rings. The van der Waals surface area contributed by atoms with Crippen LogP contribution in [-0.2, 0) is 4.79 Å². The molecule has 0 atom stereocenters. The number of carbonyl (C=O) groups is 2. The van der Waals surface area contributed by atoms with Gasteiger partial charge in [0.25, 0.3) is 0 Å². The smallest absolute Gasteiger partial charge is 0.336 e. The first-order chi connectivity index (χ1) is 23.6. The van der Waals surface area contributed by atoms with Gasteiger partial charge in [-0.05, 0) is 72.5 Å². The molecule has 0 heterocycles. The topological polar surface area (TPSA) is 61.8 Å². The Morgan fingerprint density at radius 3 is 1.56 bits per heavy atom. The van der Waals surface area contributed by atoms with Crippen LogP contribution in [0.4, 0.5) is 0 Å². The predicted molar refractivity (Wildman–Crippen MR) is 199 cm³/mol. The summed E-state index contributed by atoms with van der Waals surface area (Å²) in [6.07, 6.45) is 26.1. The zero-order valence-corrected chi connectivity index (χ0v) is 29.3. The van der Waals surface area contributed by atoms with Gasteiger partial charge >= 0.3 is 5.97 Å². The summed E-state index contributed by atoms with van der Waals surface area (Å²) in [4.78, 5) is 25.2. The van der Waals surface area contributed by atoms with Crippen LogP contribution in [0.1, 0.15) is 132 Å². The number of esters is 1. The Balaban J connectivity index is 1.29. The van der Waals surface area contributed by atoms with Gasteiger partial charge in [-0.15, -0.1) is 0 Å². The number of allylic oxidation sites excluding steroid dienone is 1. The third kappa shape index (κ3) is 16.6. The Labute approximate surface area is 289 Å². The molecular formula is C43H56O5. The second kappa shape index (κ2) is 24.1. The normalized spacial score (nSPS) is 11.3. The van der Waals surface area contributed by atoms with Crippen LogP contribution in [0.25, 0.3) is 12.2 Å². The molecule has 3 rings (SSSR count). The van der Waals surface area contributed by atoms with Gasteiger partial charge in [0.05, 0.1) is 13.2 Å². The molecule has 5 nitrogen and oxygen atoms in total. The highest BCUT2D eigenvalue weighted by Crippen LogP contribution is 2.19. The summed E-state index contributed by atoms with van der Waals surface area (Å²) in [5, 5.41) is 0. The van der Waals surface area contributed by atoms with Crippen molar-refractivity contribution in [1.29, 1.82) is 0 Å². The van der Waals surface area contributed by atoms with Crippen LogP contribution < -0.4 is 14.2 Å². The fraction of sp³-hybridized carbons (Fsp3) is 0.442. The molecule has 0 saturated heterocycles. The average molecular weight is 653 g/mol. The van der Waals surface area contributed by atoms with Crippen LogP contribution in [0.5, 0.6) is 17.2 Å². The third-order valence-corrected chi connectivity index (χ3v) is 8.18. The van der Waals surface area contributed by atoms with E-state index < -0.39 is 5.97 Å². The molecule has 0 amide bonds. The van der Waals surface area contributed by atoms with Crippen LogP contribution in [0.15, 0.2) is 84.9 Å². The molecule has 0 N–H and O–H groups in total. The first-order valence-corrected chi connectivity index (χ1v) is 18.3. The number of rotatable bonds is 25. The van der Waals surface area contributed by atoms with E-state index in [0.717, 1.165) is 42.1 Å². The summed E-state index contributed by atoms with van der Waals surface area (Å²) in [6, 6.07) is 21.9. The molecule has 48 heavy (non-hydrogen) atoms. The molecule has 0 bridgehead atoms. The molecule has 0 radical (unpaired) electrons. The van der Waals surface area contributed by atoms with Crippen LogP contribution in [0.3, 0.4) is 0 Å². The van der Waals surface area contributed by atoms with Crippen molar-refractivity contribution in [1.82, 2.24) is 0 Å². The second-order valence-corrected chi connectivity index (χ2v) is 12.4. The lowest BCUT2D eigenvalue weighted by molar-refractivity contribution is -0.128. The number of carbonyl (C=O) groups excluding carboxylic acids is 2. The van der Waals surface area contributed by atoms with Gasteiger partial charge in [0.2, 0.25) is 0 Å². The molecule has 5 heteroatoms. The maximum atomic E-state index is 12.8. The van der Waals surface area contributed by atoms with E-state index in [0.29, 0.717) is 17.9 Å². The van der Waals surface area contributed by atoms with Crippen LogP contribution >= 0.6 is 0 Å². The van der Waals surface area contributed by atoms with E-state index in [2.05, 4.69) is 13.8 Å². The highest BCUT2D eigenvalue weighted by atomic mass is 16.5. The van der Waals surface area contributed by atoms with Gasteiger partial charge in [0.15, 0.2) is 5.78 Å². The number of benzene rings is 3. The zero-order chi connectivity index (χ0) is 34.1. The van der Waals surface area contributed by atoms with Crippen molar-refractivity contribution in [2.45, 2.75) is 110 Å². The minimum Gasteiger partial charge on any atom is -0.494 e. The molecule has 0 fully saturated rings. The number of unbranched alkanes of at least 4 members (excludes halogenated alkanes) is 13. The lowest BCUT2D eigenvalue weighted by Crippen LogP contribution is -2.04. The number of ketones is 1. The minimum atomic E-state index is -0.520. The van der Waals surface area contributed by atoms with Gasteiger partial charge in [-0.3, -0.25) is 4.79 Å². The van der Waals surface area contributed by atoms with Crippen molar-refractivity contribution >= 4 is 23.9 Å². The van der Waals surface area contributed by atoms with Crippen molar-refractivity contribution in [3.05, 3.63) is 102 Å². The first kappa shape index (κ1) is 38.3. The molecule has 3 aromatic carbocycles. The summed E-state index contributed by atoms with van der Waals surface area (Å²) in [5.41, 5.74) is 2.20. The summed E-state index contributed by atoms with van der Waals surface area (Å²) in [6.45, 7) is 5.73. The van der Waals surface area contributed by atoms with Crippen molar-refractivity contribution in [3.8, 4) is 17.2 Å². The quantitative estimate of drug-likeness (QED) is 0.0300. The Morgan fingerprint density at radius 2 is 1.02 bits per heavy atom. The average Bonchev–Trinajstić information content (AvgIpc) is 3.11. The number of hydrogen-bond donors (Lipinski definition) is 0. The maximum Gasteiger partial charge on any atom is 0.336 e. The van der Waals surface area contributed by atoms with Crippen LogP contribution in [-0.4, -0.2) is 25.0 Å². The number of ether oxygens (including phenoxy) is 3. The van der Waals surface area contributed by atoms with Crippen molar-refractivity contribution in [2.24, 2.45) is 0 Å². The SMILES string of the molecule is CCCCCCCCCCCCCCCCOc1ccc(/C=C/C(=O)c2cccc(OC(=O)/C=C/c3ccc(OCCC)cc3)c2)cc1. The van der Waals surface area contributed by atoms with Gasteiger partial charge in [-0.25, -0.2) is 4.79 Å². The Hall–Kier alpha value is -4.12. The fourth-order valence-electron chi connectivity index (χ4n) is 5.35. The maximum absolute atomic E-state index is 12.8. The first-order valence-electron chi connectivity index (χ1n) is 18.3. The summed E-state index contributed by atoms with van der Waals surface area (Å²) in [5.74, 6) is 1.26. The van der Waals surface area contributed by atoms with Crippen LogP contribution in [0, 0.1) is 0 Å². The summed E-state index contributed by atoms with van der Waals surface area (Å²) < 4.78 is 16.9. The molecule has 0 unspecified atom stereocenters. The largest absolute Gasteiger partial charge is 0.494 e. The highest BCUT2D eigenvalue weighted by molar-refractivity contribution is 6.07. The molecule has 0 aromatic heterocycles. The van der Waals surface area contributed by atoms with Crippen molar-refractivity contribution < 1.29 is 23.8 Å². The highest BCUT2D eigenvalue weighted by Gasteiger charge is 2.07. The Bertz CT molecular complexity index is 1370. The third-order valence-electron chi connectivity index (χ3n) is 8.18. The van der Waals surface area contributed by atoms with E-state index in [4.69, 9.17) is 14.2 Å². The molecule has 3 aromatic rings. The van der Waals surface area contributed by atoms with E-state index in [1.165, 1.54) is 95.6 Å². The van der Waals surface area contributed by atoms with E-state index in [9.17, 15) is 9.59 Å². The molecule has 0 aliphatic heterocycles. The summed E-state index contributed by atoms with van der Waals surface area (Å²) in [7, 11) is 0. The van der Waals surface area contributed by atoms with Gasteiger partial charge in [-0.1, -0.05) is 140 Å². The second-order valence-electron chi connectivity index (χ2n) is 12.4. The molecule has 0 spiro atoms. The summed E-state index contributed by atoms with van der Waals surface area (Å²) >= 11 is 0. The fourth-order valence-corrected chi connectivity index (χ4v) is 5.35. The monoisotopic (exact) mass is 652 g/mol. The van der Waals surface area contributed by atoms with E-state index in [-0.39, 0.29) is 5.78 Å². The number of hydrogen-bond acceptors (Lipinski definition) is 5. The van der Waals surface area contributed by atoms with E-state index >= 15 is 0 Å². The predicted octanol–water partition coefficient (Wildman–Crippen LogP) is 11.9. The van der Waals surface area contributed by atoms with E-state index in [1.807, 2.05) is 48.5 Å². The lowest BCUT2D eigenvalue weighted by Gasteiger charge is -2.07. The van der Waals surface area contributed by atoms with Gasteiger partial charge in [0.1, 0.15) is 17.2 Å².